The lowest BCUT2D eigenvalue weighted by molar-refractivity contribution is 0.173. The molecule has 4 nitrogen and oxygen atoms in total. The first-order valence-electron chi connectivity index (χ1n) is 5.94. The van der Waals surface area contributed by atoms with Crippen LogP contribution < -0.4 is 4.74 Å². The Kier molecular flexibility index (Phi) is 4.25. The molecule has 1 atom stereocenters. The molecule has 0 aliphatic heterocycles. The fourth-order valence-corrected chi connectivity index (χ4v) is 1.62. The Bertz CT molecular complexity index is 488. The van der Waals surface area contributed by atoms with E-state index in [9.17, 15) is 5.11 Å². The standard InChI is InChI=1S/C14H16N2O2/c1-2-14(17)12-4-3-5-13(6-12)18-9-11-7-15-10-16-8-11/h3-8,10,14,17H,2,9H2,1H3/t14-/m1/s1. The molecule has 0 aliphatic carbocycles. The normalized spacial score (nSPS) is 12.1. The number of hydrogen-bond donors (Lipinski definition) is 1. The lowest BCUT2D eigenvalue weighted by Crippen LogP contribution is -1.99. The molecule has 1 N–H and O–H groups in total. The lowest BCUT2D eigenvalue weighted by Gasteiger charge is -2.11. The first-order chi connectivity index (χ1) is 8.79. The zero-order valence-corrected chi connectivity index (χ0v) is 10.3. The molecule has 0 radical (unpaired) electrons. The van der Waals surface area contributed by atoms with Crippen molar-refractivity contribution < 1.29 is 9.84 Å². The first kappa shape index (κ1) is 12.5. The summed E-state index contributed by atoms with van der Waals surface area (Å²) in [7, 11) is 0. The van der Waals surface area contributed by atoms with E-state index in [0.717, 1.165) is 16.9 Å². The molecule has 2 aromatic rings. The number of aliphatic hydroxyl groups excluding tert-OH is 1. The fourth-order valence-electron chi connectivity index (χ4n) is 1.62. The van der Waals surface area contributed by atoms with Crippen molar-refractivity contribution in [2.45, 2.75) is 26.1 Å². The van der Waals surface area contributed by atoms with Crippen LogP contribution in [0.25, 0.3) is 0 Å². The maximum atomic E-state index is 9.76. The van der Waals surface area contributed by atoms with Gasteiger partial charge in [0.15, 0.2) is 0 Å². The smallest absolute Gasteiger partial charge is 0.120 e. The monoisotopic (exact) mass is 244 g/mol. The molecular weight excluding hydrogens is 228 g/mol. The third kappa shape index (κ3) is 3.28. The van der Waals surface area contributed by atoms with Crippen molar-refractivity contribution in [2.75, 3.05) is 0 Å². The number of aliphatic hydroxyl groups is 1. The highest BCUT2D eigenvalue weighted by molar-refractivity contribution is 5.30. The van der Waals surface area contributed by atoms with Gasteiger partial charge >= 0.3 is 0 Å². The van der Waals surface area contributed by atoms with Gasteiger partial charge in [-0.3, -0.25) is 0 Å². The molecule has 4 heteroatoms. The summed E-state index contributed by atoms with van der Waals surface area (Å²) in [6.45, 7) is 2.37. The SMILES string of the molecule is CC[C@@H](O)c1cccc(OCc2cncnc2)c1. The van der Waals surface area contributed by atoms with Crippen LogP contribution in [0.3, 0.4) is 0 Å². The molecule has 1 aromatic carbocycles. The van der Waals surface area contributed by atoms with E-state index in [0.29, 0.717) is 13.0 Å². The molecule has 0 saturated carbocycles. The van der Waals surface area contributed by atoms with Crippen LogP contribution in [0.5, 0.6) is 5.75 Å². The van der Waals surface area contributed by atoms with E-state index in [1.165, 1.54) is 6.33 Å². The summed E-state index contributed by atoms with van der Waals surface area (Å²) in [5.74, 6) is 0.740. The molecule has 0 amide bonds. The summed E-state index contributed by atoms with van der Waals surface area (Å²) in [5.41, 5.74) is 1.79. The summed E-state index contributed by atoms with van der Waals surface area (Å²) in [4.78, 5) is 7.85. The third-order valence-electron chi connectivity index (χ3n) is 2.65. The van der Waals surface area contributed by atoms with Gasteiger partial charge in [0.1, 0.15) is 18.7 Å². The van der Waals surface area contributed by atoms with Gasteiger partial charge in [-0.05, 0) is 24.1 Å². The second kappa shape index (κ2) is 6.12. The van der Waals surface area contributed by atoms with Crippen LogP contribution in [0.15, 0.2) is 43.0 Å². The van der Waals surface area contributed by atoms with Crippen LogP contribution in [0.1, 0.15) is 30.6 Å². The van der Waals surface area contributed by atoms with Crippen LogP contribution in [-0.4, -0.2) is 15.1 Å². The Morgan fingerprint density at radius 1 is 1.28 bits per heavy atom. The van der Waals surface area contributed by atoms with E-state index in [1.54, 1.807) is 12.4 Å². The highest BCUT2D eigenvalue weighted by Gasteiger charge is 2.05. The van der Waals surface area contributed by atoms with E-state index in [2.05, 4.69) is 9.97 Å². The predicted molar refractivity (Wildman–Crippen MR) is 68.1 cm³/mol. The molecule has 0 fully saturated rings. The van der Waals surface area contributed by atoms with E-state index in [4.69, 9.17) is 4.74 Å². The zero-order valence-electron chi connectivity index (χ0n) is 10.3. The van der Waals surface area contributed by atoms with Gasteiger partial charge in [-0.2, -0.15) is 0 Å². The molecule has 1 aromatic heterocycles. The largest absolute Gasteiger partial charge is 0.489 e. The molecule has 0 spiro atoms. The number of hydrogen-bond acceptors (Lipinski definition) is 4. The quantitative estimate of drug-likeness (QED) is 0.878. The Hall–Kier alpha value is -1.94. The highest BCUT2D eigenvalue weighted by Crippen LogP contribution is 2.21. The van der Waals surface area contributed by atoms with E-state index < -0.39 is 6.10 Å². The van der Waals surface area contributed by atoms with Crippen LogP contribution in [-0.2, 0) is 6.61 Å². The highest BCUT2D eigenvalue weighted by atomic mass is 16.5. The molecule has 94 valence electrons. The fraction of sp³-hybridized carbons (Fsp3) is 0.286. The van der Waals surface area contributed by atoms with Crippen molar-refractivity contribution in [3.63, 3.8) is 0 Å². The Balaban J connectivity index is 2.01. The van der Waals surface area contributed by atoms with Crippen molar-refractivity contribution in [1.82, 2.24) is 9.97 Å². The van der Waals surface area contributed by atoms with Gasteiger partial charge < -0.3 is 9.84 Å². The molecule has 18 heavy (non-hydrogen) atoms. The van der Waals surface area contributed by atoms with Crippen LogP contribution >= 0.6 is 0 Å². The molecule has 0 aliphatic rings. The number of rotatable bonds is 5. The molecule has 0 saturated heterocycles. The number of aromatic nitrogens is 2. The molecular formula is C14H16N2O2. The minimum Gasteiger partial charge on any atom is -0.489 e. The van der Waals surface area contributed by atoms with E-state index in [1.807, 2.05) is 31.2 Å². The molecule has 0 unspecified atom stereocenters. The van der Waals surface area contributed by atoms with E-state index in [-0.39, 0.29) is 0 Å². The van der Waals surface area contributed by atoms with Gasteiger partial charge in [0, 0.05) is 18.0 Å². The van der Waals surface area contributed by atoms with E-state index >= 15 is 0 Å². The van der Waals surface area contributed by atoms with Crippen molar-refractivity contribution in [1.29, 1.82) is 0 Å². The number of nitrogens with zero attached hydrogens (tertiary/aromatic N) is 2. The third-order valence-corrected chi connectivity index (χ3v) is 2.65. The number of ether oxygens (including phenoxy) is 1. The van der Waals surface area contributed by atoms with Gasteiger partial charge in [0.25, 0.3) is 0 Å². The topological polar surface area (TPSA) is 55.2 Å². The van der Waals surface area contributed by atoms with Crippen molar-refractivity contribution >= 4 is 0 Å². The van der Waals surface area contributed by atoms with Gasteiger partial charge in [-0.25, -0.2) is 9.97 Å². The summed E-state index contributed by atoms with van der Waals surface area (Å²) in [6, 6.07) is 7.51. The molecule has 2 rings (SSSR count). The minimum absolute atomic E-state index is 0.423. The maximum absolute atomic E-state index is 9.76. The van der Waals surface area contributed by atoms with Crippen molar-refractivity contribution in [2.24, 2.45) is 0 Å². The van der Waals surface area contributed by atoms with Crippen molar-refractivity contribution in [3.05, 3.63) is 54.1 Å². The molecule has 1 heterocycles. The van der Waals surface area contributed by atoms with Crippen molar-refractivity contribution in [3.8, 4) is 5.75 Å². The first-order valence-corrected chi connectivity index (χ1v) is 5.94. The van der Waals surface area contributed by atoms with Crippen LogP contribution in [0, 0.1) is 0 Å². The predicted octanol–water partition coefficient (Wildman–Crippen LogP) is 2.50. The number of benzene rings is 1. The summed E-state index contributed by atoms with van der Waals surface area (Å²) >= 11 is 0. The Morgan fingerprint density at radius 2 is 2.06 bits per heavy atom. The zero-order chi connectivity index (χ0) is 12.8. The van der Waals surface area contributed by atoms with Gasteiger partial charge in [0.2, 0.25) is 0 Å². The summed E-state index contributed by atoms with van der Waals surface area (Å²) < 4.78 is 5.64. The Labute approximate surface area is 106 Å². The summed E-state index contributed by atoms with van der Waals surface area (Å²) in [6.07, 6.45) is 5.18. The van der Waals surface area contributed by atoms with Gasteiger partial charge in [-0.1, -0.05) is 19.1 Å². The van der Waals surface area contributed by atoms with Gasteiger partial charge in [0.05, 0.1) is 6.10 Å². The molecule has 0 bridgehead atoms. The maximum Gasteiger partial charge on any atom is 0.120 e. The minimum atomic E-state index is -0.436. The lowest BCUT2D eigenvalue weighted by atomic mass is 10.1. The van der Waals surface area contributed by atoms with Gasteiger partial charge in [-0.15, -0.1) is 0 Å². The average molecular weight is 244 g/mol. The average Bonchev–Trinajstić information content (AvgIpc) is 2.45. The Morgan fingerprint density at radius 3 is 2.78 bits per heavy atom. The summed E-state index contributed by atoms with van der Waals surface area (Å²) in [5, 5.41) is 9.76. The van der Waals surface area contributed by atoms with Crippen LogP contribution in [0.2, 0.25) is 0 Å². The second-order valence-corrected chi connectivity index (χ2v) is 4.03. The van der Waals surface area contributed by atoms with Crippen LogP contribution in [0.4, 0.5) is 0 Å². The second-order valence-electron chi connectivity index (χ2n) is 4.03.